The van der Waals surface area contributed by atoms with Gasteiger partial charge in [0.2, 0.25) is 5.91 Å². The van der Waals surface area contributed by atoms with Crippen molar-refractivity contribution in [2.24, 2.45) is 0 Å². The van der Waals surface area contributed by atoms with Crippen molar-refractivity contribution >= 4 is 23.4 Å². The van der Waals surface area contributed by atoms with Crippen LogP contribution in [0.3, 0.4) is 0 Å². The summed E-state index contributed by atoms with van der Waals surface area (Å²) in [7, 11) is 0. The van der Waals surface area contributed by atoms with Crippen molar-refractivity contribution in [1.82, 2.24) is 14.8 Å². The summed E-state index contributed by atoms with van der Waals surface area (Å²) in [6.07, 6.45) is 1.99. The Balaban J connectivity index is 1.61. The van der Waals surface area contributed by atoms with Crippen LogP contribution >= 0.6 is 11.8 Å². The molecule has 1 aromatic heterocycles. The van der Waals surface area contributed by atoms with E-state index in [0.29, 0.717) is 17.6 Å². The topological polar surface area (TPSA) is 89.0 Å². The molecule has 0 aliphatic carbocycles. The normalized spacial score (nSPS) is 17.0. The minimum atomic E-state index is -0.270. The highest BCUT2D eigenvalue weighted by atomic mass is 32.2. The molecular weight excluding hydrogens is 352 g/mol. The molecule has 3 rings (SSSR count). The van der Waals surface area contributed by atoms with Crippen LogP contribution in [0.4, 0.5) is 5.69 Å². The fourth-order valence-electron chi connectivity index (χ4n) is 3.00. The first kappa shape index (κ1) is 18.7. The van der Waals surface area contributed by atoms with Crippen LogP contribution in [0.15, 0.2) is 34.2 Å². The van der Waals surface area contributed by atoms with Crippen LogP contribution in [0.2, 0.25) is 0 Å². The predicted molar refractivity (Wildman–Crippen MR) is 102 cm³/mol. The first-order valence-corrected chi connectivity index (χ1v) is 9.81. The van der Waals surface area contributed by atoms with Gasteiger partial charge in [0.05, 0.1) is 18.4 Å². The number of benzene rings is 1. The Morgan fingerprint density at radius 2 is 2.27 bits per heavy atom. The van der Waals surface area contributed by atoms with Gasteiger partial charge in [0.15, 0.2) is 5.16 Å². The molecule has 1 atom stereocenters. The number of carbonyl (C=O) groups excluding carboxylic acids is 1. The molecule has 1 fully saturated rings. The second-order valence-electron chi connectivity index (χ2n) is 6.64. The molecule has 140 valence electrons. The lowest BCUT2D eigenvalue weighted by Crippen LogP contribution is -2.25. The van der Waals surface area contributed by atoms with Gasteiger partial charge in [-0.15, -0.1) is 5.10 Å². The Hall–Kier alpha value is -2.06. The minimum absolute atomic E-state index is 0.0383. The second kappa shape index (κ2) is 8.55. The zero-order valence-corrected chi connectivity index (χ0v) is 15.8. The molecule has 26 heavy (non-hydrogen) atoms. The van der Waals surface area contributed by atoms with Gasteiger partial charge in [-0.05, 0) is 30.4 Å². The fourth-order valence-corrected chi connectivity index (χ4v) is 3.75. The summed E-state index contributed by atoms with van der Waals surface area (Å²) in [6, 6.07) is 7.79. The average molecular weight is 376 g/mol. The van der Waals surface area contributed by atoms with Crippen molar-refractivity contribution < 1.29 is 9.53 Å². The maximum atomic E-state index is 12.3. The van der Waals surface area contributed by atoms with E-state index in [1.165, 1.54) is 11.8 Å². The molecule has 2 heterocycles. The molecule has 1 saturated heterocycles. The van der Waals surface area contributed by atoms with Gasteiger partial charge in [-0.25, -0.2) is 9.89 Å². The van der Waals surface area contributed by atoms with Crippen LogP contribution < -0.4 is 11.0 Å². The molecule has 2 aromatic rings. The number of nitrogens with one attached hydrogen (secondary N) is 2. The molecule has 1 aromatic carbocycles. The van der Waals surface area contributed by atoms with E-state index in [1.54, 1.807) is 4.57 Å². The summed E-state index contributed by atoms with van der Waals surface area (Å²) in [5.74, 6) is 0.381. The number of aromatic nitrogens is 3. The van der Waals surface area contributed by atoms with Gasteiger partial charge in [0.1, 0.15) is 0 Å². The number of amides is 1. The van der Waals surface area contributed by atoms with Gasteiger partial charge >= 0.3 is 5.69 Å². The smallest absolute Gasteiger partial charge is 0.344 e. The van der Waals surface area contributed by atoms with Crippen LogP contribution in [0.25, 0.3) is 0 Å². The average Bonchev–Trinajstić information content (AvgIpc) is 3.25. The fraction of sp³-hybridized carbons (Fsp3) is 0.500. The largest absolute Gasteiger partial charge is 0.376 e. The number of hydrogen-bond donors (Lipinski definition) is 2. The maximum absolute atomic E-state index is 12.3. The zero-order chi connectivity index (χ0) is 18.5. The quantitative estimate of drug-likeness (QED) is 0.725. The Kier molecular flexibility index (Phi) is 6.16. The van der Waals surface area contributed by atoms with Crippen molar-refractivity contribution in [3.8, 4) is 0 Å². The van der Waals surface area contributed by atoms with E-state index < -0.39 is 0 Å². The Morgan fingerprint density at radius 1 is 1.46 bits per heavy atom. The number of para-hydroxylation sites is 1. The van der Waals surface area contributed by atoms with E-state index in [4.69, 9.17) is 4.74 Å². The highest BCUT2D eigenvalue weighted by Gasteiger charge is 2.20. The molecule has 0 bridgehead atoms. The molecule has 0 spiro atoms. The molecule has 2 N–H and O–H groups in total. The molecule has 7 nitrogen and oxygen atoms in total. The molecule has 0 saturated carbocycles. The van der Waals surface area contributed by atoms with E-state index in [9.17, 15) is 9.59 Å². The minimum Gasteiger partial charge on any atom is -0.376 e. The zero-order valence-electron chi connectivity index (χ0n) is 15.0. The number of anilines is 1. The Morgan fingerprint density at radius 3 is 3.00 bits per heavy atom. The van der Waals surface area contributed by atoms with Crippen molar-refractivity contribution in [3.05, 3.63) is 40.3 Å². The van der Waals surface area contributed by atoms with Gasteiger partial charge < -0.3 is 10.1 Å². The van der Waals surface area contributed by atoms with E-state index >= 15 is 0 Å². The Labute approximate surface area is 156 Å². The molecule has 8 heteroatoms. The standard InChI is InChI=1S/C18H24N4O3S/c1-12(2)14-7-3-4-8-15(14)19-16(23)11-26-18-21-20-17(24)22(18)10-13-6-5-9-25-13/h3-4,7-8,12-13H,5-6,9-11H2,1-2H3,(H,19,23)(H,20,24). The van der Waals surface area contributed by atoms with Crippen molar-refractivity contribution in [3.63, 3.8) is 0 Å². The van der Waals surface area contributed by atoms with Crippen LogP contribution in [0, 0.1) is 0 Å². The van der Waals surface area contributed by atoms with Gasteiger partial charge in [-0.3, -0.25) is 9.36 Å². The third-order valence-electron chi connectivity index (χ3n) is 4.32. The molecule has 1 amide bonds. The van der Waals surface area contributed by atoms with E-state index in [0.717, 1.165) is 30.7 Å². The Bertz CT molecular complexity index is 809. The van der Waals surface area contributed by atoms with Crippen LogP contribution in [-0.4, -0.2) is 39.1 Å². The monoisotopic (exact) mass is 376 g/mol. The molecule has 1 unspecified atom stereocenters. The molecule has 0 radical (unpaired) electrons. The summed E-state index contributed by atoms with van der Waals surface area (Å²) in [4.78, 5) is 24.3. The van der Waals surface area contributed by atoms with Gasteiger partial charge in [-0.1, -0.05) is 43.8 Å². The molecular formula is C18H24N4O3S. The number of rotatable bonds is 7. The first-order chi connectivity index (χ1) is 12.5. The third-order valence-corrected chi connectivity index (χ3v) is 5.30. The number of thioether (sulfide) groups is 1. The lowest BCUT2D eigenvalue weighted by molar-refractivity contribution is -0.113. The van der Waals surface area contributed by atoms with Crippen LogP contribution in [0.1, 0.15) is 38.2 Å². The number of ether oxygens (including phenoxy) is 1. The first-order valence-electron chi connectivity index (χ1n) is 8.83. The molecule has 1 aliphatic heterocycles. The number of aromatic amines is 1. The van der Waals surface area contributed by atoms with Gasteiger partial charge in [-0.2, -0.15) is 0 Å². The predicted octanol–water partition coefficient (Wildman–Crippen LogP) is 2.60. The second-order valence-corrected chi connectivity index (χ2v) is 7.58. The highest BCUT2D eigenvalue weighted by molar-refractivity contribution is 7.99. The maximum Gasteiger partial charge on any atom is 0.344 e. The summed E-state index contributed by atoms with van der Waals surface area (Å²) in [6.45, 7) is 5.38. The van der Waals surface area contributed by atoms with Crippen molar-refractivity contribution in [2.75, 3.05) is 17.7 Å². The number of nitrogens with zero attached hydrogens (tertiary/aromatic N) is 2. The van der Waals surface area contributed by atoms with Crippen molar-refractivity contribution in [2.45, 2.75) is 50.4 Å². The highest BCUT2D eigenvalue weighted by Crippen LogP contribution is 2.24. The van der Waals surface area contributed by atoms with Gasteiger partial charge in [0.25, 0.3) is 0 Å². The summed E-state index contributed by atoms with van der Waals surface area (Å²) < 4.78 is 7.14. The third kappa shape index (κ3) is 4.56. The lowest BCUT2D eigenvalue weighted by atomic mass is 10.0. The lowest BCUT2D eigenvalue weighted by Gasteiger charge is -2.14. The summed E-state index contributed by atoms with van der Waals surface area (Å²) >= 11 is 1.25. The number of H-pyrrole nitrogens is 1. The van der Waals surface area contributed by atoms with Crippen molar-refractivity contribution in [1.29, 1.82) is 0 Å². The van der Waals surface area contributed by atoms with E-state index in [2.05, 4.69) is 29.4 Å². The van der Waals surface area contributed by atoms with Crippen LogP contribution in [0.5, 0.6) is 0 Å². The summed E-state index contributed by atoms with van der Waals surface area (Å²) in [5.41, 5.74) is 1.65. The van der Waals surface area contributed by atoms with Gasteiger partial charge in [0, 0.05) is 12.3 Å². The van der Waals surface area contributed by atoms with E-state index in [-0.39, 0.29) is 23.5 Å². The molecule has 1 aliphatic rings. The SMILES string of the molecule is CC(C)c1ccccc1NC(=O)CSc1n[nH]c(=O)n1CC1CCCO1. The van der Waals surface area contributed by atoms with E-state index in [1.807, 2.05) is 24.3 Å². The van der Waals surface area contributed by atoms with Crippen LogP contribution in [-0.2, 0) is 16.1 Å². The summed E-state index contributed by atoms with van der Waals surface area (Å²) in [5, 5.41) is 9.96. The number of carbonyl (C=O) groups is 1. The number of hydrogen-bond acceptors (Lipinski definition) is 5.